The summed E-state index contributed by atoms with van der Waals surface area (Å²) in [6, 6.07) is 1.90. The van der Waals surface area contributed by atoms with Gasteiger partial charge in [-0.3, -0.25) is 4.68 Å². The van der Waals surface area contributed by atoms with Gasteiger partial charge in [-0.1, -0.05) is 0 Å². The van der Waals surface area contributed by atoms with Crippen LogP contribution >= 0.6 is 10.7 Å². The zero-order valence-electron chi connectivity index (χ0n) is 8.70. The molecule has 0 aromatic carbocycles. The van der Waals surface area contributed by atoms with Crippen LogP contribution in [0.5, 0.6) is 0 Å². The number of aryl methyl sites for hydroxylation is 2. The Morgan fingerprint density at radius 2 is 2.20 bits per heavy atom. The fourth-order valence-corrected chi connectivity index (χ4v) is 3.23. The van der Waals surface area contributed by atoms with Crippen molar-refractivity contribution in [3.63, 3.8) is 0 Å². The summed E-state index contributed by atoms with van der Waals surface area (Å²) in [5.74, 6) is 0. The third kappa shape index (κ3) is 1.90. The van der Waals surface area contributed by atoms with Crippen molar-refractivity contribution in [2.75, 3.05) is 0 Å². The van der Waals surface area contributed by atoms with E-state index in [1.54, 1.807) is 4.68 Å². The van der Waals surface area contributed by atoms with Gasteiger partial charge in [0, 0.05) is 29.8 Å². The van der Waals surface area contributed by atoms with Gasteiger partial charge in [0.2, 0.25) is 9.05 Å². The molecule has 0 bridgehead atoms. The summed E-state index contributed by atoms with van der Waals surface area (Å²) in [4.78, 5) is 0. The first-order valence-electron chi connectivity index (χ1n) is 4.78. The first-order chi connectivity index (χ1) is 6.84. The summed E-state index contributed by atoms with van der Waals surface area (Å²) in [5, 5.41) is 4.24. The summed E-state index contributed by atoms with van der Waals surface area (Å²) >= 11 is 0. The van der Waals surface area contributed by atoms with Crippen molar-refractivity contribution in [2.45, 2.75) is 30.9 Å². The molecule has 0 radical (unpaired) electrons. The molecule has 84 valence electrons. The quantitative estimate of drug-likeness (QED) is 0.760. The fourth-order valence-electron chi connectivity index (χ4n) is 1.70. The predicted molar refractivity (Wildman–Crippen MR) is 58.4 cm³/mol. The average Bonchev–Trinajstić information content (AvgIpc) is 2.77. The Morgan fingerprint density at radius 3 is 2.53 bits per heavy atom. The Labute approximate surface area is 93.7 Å². The summed E-state index contributed by atoms with van der Waals surface area (Å²) in [6.45, 7) is 1.94. The van der Waals surface area contributed by atoms with E-state index in [0.717, 1.165) is 11.4 Å². The predicted octanol–water partition coefficient (Wildman–Crippen LogP) is 1.37. The van der Waals surface area contributed by atoms with Crippen LogP contribution in [0.25, 0.3) is 0 Å². The normalized spacial score (nSPS) is 19.1. The van der Waals surface area contributed by atoms with Crippen LogP contribution in [0.3, 0.4) is 0 Å². The zero-order valence-corrected chi connectivity index (χ0v) is 10.3. The lowest BCUT2D eigenvalue weighted by atomic mass is 10.2. The molecular formula is C9H13ClN2O2S. The highest BCUT2D eigenvalue weighted by Gasteiger charge is 2.54. The maximum atomic E-state index is 11.3. The lowest BCUT2D eigenvalue weighted by Gasteiger charge is -2.08. The Hall–Kier alpha value is -0.550. The van der Waals surface area contributed by atoms with E-state index < -0.39 is 13.8 Å². The van der Waals surface area contributed by atoms with Gasteiger partial charge in [0.25, 0.3) is 0 Å². The molecule has 1 aromatic heterocycles. The maximum Gasteiger partial charge on any atom is 0.238 e. The van der Waals surface area contributed by atoms with Gasteiger partial charge < -0.3 is 0 Å². The summed E-state index contributed by atoms with van der Waals surface area (Å²) in [5.41, 5.74) is 1.82. The van der Waals surface area contributed by atoms with Gasteiger partial charge in [-0.15, -0.1) is 0 Å². The van der Waals surface area contributed by atoms with Gasteiger partial charge in [-0.2, -0.15) is 5.10 Å². The highest BCUT2D eigenvalue weighted by molar-refractivity contribution is 8.15. The van der Waals surface area contributed by atoms with Crippen LogP contribution < -0.4 is 0 Å². The fraction of sp³-hybridized carbons (Fsp3) is 0.667. The van der Waals surface area contributed by atoms with Crippen LogP contribution in [-0.4, -0.2) is 22.9 Å². The van der Waals surface area contributed by atoms with Crippen LogP contribution in [0.15, 0.2) is 6.07 Å². The number of aromatic nitrogens is 2. The molecule has 15 heavy (non-hydrogen) atoms. The molecule has 1 heterocycles. The van der Waals surface area contributed by atoms with E-state index in [4.69, 9.17) is 10.7 Å². The topological polar surface area (TPSA) is 52.0 Å². The van der Waals surface area contributed by atoms with E-state index in [0.29, 0.717) is 19.3 Å². The lowest BCUT2D eigenvalue weighted by molar-refractivity contribution is 0.587. The Balaban J connectivity index is 2.23. The molecule has 0 N–H and O–H groups in total. The van der Waals surface area contributed by atoms with Gasteiger partial charge in [-0.25, -0.2) is 8.42 Å². The molecular weight excluding hydrogens is 236 g/mol. The number of hydrogen-bond donors (Lipinski definition) is 0. The minimum atomic E-state index is -3.47. The average molecular weight is 249 g/mol. The Kier molecular flexibility index (Phi) is 2.35. The molecule has 1 aliphatic rings. The lowest BCUT2D eigenvalue weighted by Crippen LogP contribution is -2.21. The molecule has 0 aliphatic heterocycles. The third-order valence-electron chi connectivity index (χ3n) is 2.99. The summed E-state index contributed by atoms with van der Waals surface area (Å²) in [6.07, 6.45) is 1.73. The van der Waals surface area contributed by atoms with E-state index in [1.165, 1.54) is 0 Å². The third-order valence-corrected chi connectivity index (χ3v) is 5.56. The zero-order chi connectivity index (χ0) is 11.3. The standard InChI is InChI=1S/C9H13ClN2O2S/c1-7-5-8(11-12(7)2)6-9(3-4-9)15(10,13)14/h5H,3-4,6H2,1-2H3. The van der Waals surface area contributed by atoms with Gasteiger partial charge in [0.05, 0.1) is 10.4 Å². The second kappa shape index (κ2) is 3.22. The molecule has 0 amide bonds. The first kappa shape index (κ1) is 11.0. The molecule has 2 rings (SSSR count). The van der Waals surface area contributed by atoms with Crippen molar-refractivity contribution < 1.29 is 8.42 Å². The van der Waals surface area contributed by atoms with Crippen molar-refractivity contribution in [3.8, 4) is 0 Å². The van der Waals surface area contributed by atoms with Crippen LogP contribution in [-0.2, 0) is 22.5 Å². The number of halogens is 1. The summed E-state index contributed by atoms with van der Waals surface area (Å²) in [7, 11) is 3.79. The minimum absolute atomic E-state index is 0.431. The Morgan fingerprint density at radius 1 is 1.60 bits per heavy atom. The van der Waals surface area contributed by atoms with Crippen molar-refractivity contribution in [1.29, 1.82) is 0 Å². The molecule has 4 nitrogen and oxygen atoms in total. The van der Waals surface area contributed by atoms with Gasteiger partial charge in [0.15, 0.2) is 0 Å². The number of nitrogens with zero attached hydrogens (tertiary/aromatic N) is 2. The molecule has 1 aromatic rings. The largest absolute Gasteiger partial charge is 0.273 e. The van der Waals surface area contributed by atoms with E-state index in [2.05, 4.69) is 5.10 Å². The highest BCUT2D eigenvalue weighted by Crippen LogP contribution is 2.47. The van der Waals surface area contributed by atoms with Crippen LogP contribution in [0.2, 0.25) is 0 Å². The van der Waals surface area contributed by atoms with Crippen LogP contribution in [0, 0.1) is 6.92 Å². The second-order valence-electron chi connectivity index (χ2n) is 4.20. The van der Waals surface area contributed by atoms with Crippen molar-refractivity contribution >= 4 is 19.7 Å². The minimum Gasteiger partial charge on any atom is -0.273 e. The van der Waals surface area contributed by atoms with E-state index in [1.807, 2.05) is 20.0 Å². The van der Waals surface area contributed by atoms with Crippen molar-refractivity contribution in [1.82, 2.24) is 9.78 Å². The molecule has 0 unspecified atom stereocenters. The Bertz CT molecular complexity index is 469. The van der Waals surface area contributed by atoms with Gasteiger partial charge in [0.1, 0.15) is 0 Å². The molecule has 0 spiro atoms. The van der Waals surface area contributed by atoms with E-state index in [9.17, 15) is 8.42 Å². The second-order valence-corrected chi connectivity index (χ2v) is 7.16. The van der Waals surface area contributed by atoms with Crippen LogP contribution in [0.1, 0.15) is 24.2 Å². The van der Waals surface area contributed by atoms with E-state index >= 15 is 0 Å². The van der Waals surface area contributed by atoms with Gasteiger partial charge >= 0.3 is 0 Å². The smallest absolute Gasteiger partial charge is 0.238 e. The molecule has 0 atom stereocenters. The van der Waals surface area contributed by atoms with Crippen molar-refractivity contribution in [2.24, 2.45) is 7.05 Å². The van der Waals surface area contributed by atoms with E-state index in [-0.39, 0.29) is 0 Å². The first-order valence-corrected chi connectivity index (χ1v) is 7.09. The van der Waals surface area contributed by atoms with Crippen LogP contribution in [0.4, 0.5) is 0 Å². The number of hydrogen-bond acceptors (Lipinski definition) is 3. The molecule has 6 heteroatoms. The molecule has 1 saturated carbocycles. The van der Waals surface area contributed by atoms with Crippen molar-refractivity contribution in [3.05, 3.63) is 17.5 Å². The monoisotopic (exact) mass is 248 g/mol. The molecule has 0 saturated heterocycles. The number of rotatable bonds is 3. The maximum absolute atomic E-state index is 11.3. The highest BCUT2D eigenvalue weighted by atomic mass is 35.7. The van der Waals surface area contributed by atoms with Gasteiger partial charge in [-0.05, 0) is 25.8 Å². The molecule has 1 fully saturated rings. The molecule has 1 aliphatic carbocycles. The SMILES string of the molecule is Cc1cc(CC2(S(=O)(=O)Cl)CC2)nn1C. The summed E-state index contributed by atoms with van der Waals surface area (Å²) < 4.78 is 23.7.